The van der Waals surface area contributed by atoms with Gasteiger partial charge < -0.3 is 0 Å². The maximum atomic E-state index is 11.2. The fourth-order valence-corrected chi connectivity index (χ4v) is 1.89. The lowest BCUT2D eigenvalue weighted by Gasteiger charge is -2.03. The topological polar surface area (TPSA) is 17.1 Å². The molecular weight excluding hydrogens is 180 g/mol. The molecule has 0 aliphatic carbocycles. The molecule has 0 fully saturated rings. The van der Waals surface area contributed by atoms with Crippen molar-refractivity contribution in [2.24, 2.45) is 5.92 Å². The molecule has 0 saturated carbocycles. The zero-order chi connectivity index (χ0) is 10.1. The lowest BCUT2D eigenvalue weighted by molar-refractivity contribution is -0.116. The van der Waals surface area contributed by atoms with Gasteiger partial charge in [0.15, 0.2) is 0 Å². The molecule has 0 unspecified atom stereocenters. The van der Waals surface area contributed by atoms with Crippen molar-refractivity contribution < 1.29 is 4.79 Å². The highest BCUT2D eigenvalue weighted by Gasteiger charge is 2.02. The quantitative estimate of drug-likeness (QED) is 0.442. The normalized spacial score (nSPS) is 10.4. The Morgan fingerprint density at radius 2 is 2.23 bits per heavy atom. The molecule has 0 saturated heterocycles. The number of hydrogen-bond donors (Lipinski definition) is 0. The zero-order valence-electron chi connectivity index (χ0n) is 8.71. The second kappa shape index (κ2) is 8.36. The highest BCUT2D eigenvalue weighted by molar-refractivity contribution is 7.99. The average molecular weight is 200 g/mol. The summed E-state index contributed by atoms with van der Waals surface area (Å²) in [7, 11) is 0. The summed E-state index contributed by atoms with van der Waals surface area (Å²) in [5, 5.41) is 0. The molecule has 13 heavy (non-hydrogen) atoms. The van der Waals surface area contributed by atoms with E-state index in [0.717, 1.165) is 25.0 Å². The van der Waals surface area contributed by atoms with E-state index in [9.17, 15) is 4.79 Å². The first kappa shape index (κ1) is 12.8. The van der Waals surface area contributed by atoms with E-state index in [1.54, 1.807) is 11.8 Å². The summed E-state index contributed by atoms with van der Waals surface area (Å²) in [6.07, 6.45) is 4.51. The molecule has 0 spiro atoms. The van der Waals surface area contributed by atoms with E-state index >= 15 is 0 Å². The Bertz CT molecular complexity index is 152. The van der Waals surface area contributed by atoms with Gasteiger partial charge in [0, 0.05) is 6.42 Å². The summed E-state index contributed by atoms with van der Waals surface area (Å²) in [6.45, 7) is 7.98. The molecule has 0 aromatic carbocycles. The van der Waals surface area contributed by atoms with Crippen molar-refractivity contribution in [3.63, 3.8) is 0 Å². The predicted molar refractivity (Wildman–Crippen MR) is 61.2 cm³/mol. The average Bonchev–Trinajstić information content (AvgIpc) is 2.04. The Morgan fingerprint density at radius 1 is 1.54 bits per heavy atom. The van der Waals surface area contributed by atoms with Crippen LogP contribution in [0.2, 0.25) is 0 Å². The third kappa shape index (κ3) is 9.68. The number of hydrogen-bond acceptors (Lipinski definition) is 2. The Labute approximate surface area is 86.0 Å². The van der Waals surface area contributed by atoms with Gasteiger partial charge in [0.25, 0.3) is 0 Å². The van der Waals surface area contributed by atoms with Crippen LogP contribution in [0.25, 0.3) is 0 Å². The van der Waals surface area contributed by atoms with Crippen molar-refractivity contribution in [2.75, 3.05) is 11.5 Å². The van der Waals surface area contributed by atoms with Gasteiger partial charge in [0.1, 0.15) is 5.78 Å². The summed E-state index contributed by atoms with van der Waals surface area (Å²) in [5.74, 6) is 2.85. The molecule has 0 radical (unpaired) electrons. The highest BCUT2D eigenvalue weighted by Crippen LogP contribution is 2.09. The maximum Gasteiger partial charge on any atom is 0.142 e. The predicted octanol–water partition coefficient (Wildman–Crippen LogP) is 3.30. The van der Waals surface area contributed by atoms with Gasteiger partial charge in [-0.05, 0) is 24.5 Å². The summed E-state index contributed by atoms with van der Waals surface area (Å²) in [6, 6.07) is 0. The number of unbranched alkanes of at least 4 members (excludes halogenated alkanes) is 1. The molecule has 0 aliphatic heterocycles. The first-order valence-electron chi connectivity index (χ1n) is 4.87. The molecular formula is C11H20OS. The van der Waals surface area contributed by atoms with Crippen molar-refractivity contribution in [1.82, 2.24) is 0 Å². The monoisotopic (exact) mass is 200 g/mol. The first-order chi connectivity index (χ1) is 6.16. The minimum Gasteiger partial charge on any atom is -0.299 e. The Kier molecular flexibility index (Phi) is 8.21. The lowest BCUT2D eigenvalue weighted by atomic mass is 10.2. The summed E-state index contributed by atoms with van der Waals surface area (Å²) in [5.41, 5.74) is 0. The fraction of sp³-hybridized carbons (Fsp3) is 0.727. The van der Waals surface area contributed by atoms with Crippen molar-refractivity contribution in [2.45, 2.75) is 33.1 Å². The van der Waals surface area contributed by atoms with Gasteiger partial charge in [-0.15, -0.1) is 6.58 Å². The lowest BCUT2D eigenvalue weighted by Crippen LogP contribution is -2.03. The van der Waals surface area contributed by atoms with E-state index in [2.05, 4.69) is 20.4 Å². The molecule has 0 atom stereocenters. The van der Waals surface area contributed by atoms with Gasteiger partial charge in [-0.1, -0.05) is 19.9 Å². The van der Waals surface area contributed by atoms with Crippen molar-refractivity contribution in [3.8, 4) is 0 Å². The van der Waals surface area contributed by atoms with Gasteiger partial charge in [-0.2, -0.15) is 11.8 Å². The van der Waals surface area contributed by atoms with Crippen LogP contribution >= 0.6 is 11.8 Å². The van der Waals surface area contributed by atoms with Crippen LogP contribution in [-0.2, 0) is 4.79 Å². The molecule has 2 heteroatoms. The Morgan fingerprint density at radius 3 is 2.77 bits per heavy atom. The molecule has 0 amide bonds. The van der Waals surface area contributed by atoms with Crippen LogP contribution < -0.4 is 0 Å². The molecule has 0 aromatic heterocycles. The molecule has 0 heterocycles. The van der Waals surface area contributed by atoms with Gasteiger partial charge in [0.2, 0.25) is 0 Å². The van der Waals surface area contributed by atoms with E-state index in [1.807, 2.05) is 6.08 Å². The van der Waals surface area contributed by atoms with Gasteiger partial charge in [0.05, 0.1) is 5.75 Å². The van der Waals surface area contributed by atoms with Crippen LogP contribution in [0.4, 0.5) is 0 Å². The number of rotatable bonds is 8. The Hall–Kier alpha value is -0.240. The largest absolute Gasteiger partial charge is 0.299 e. The number of ketones is 1. The van der Waals surface area contributed by atoms with Gasteiger partial charge >= 0.3 is 0 Å². The van der Waals surface area contributed by atoms with Gasteiger partial charge in [-0.25, -0.2) is 0 Å². The van der Waals surface area contributed by atoms with Gasteiger partial charge in [-0.3, -0.25) is 4.79 Å². The molecule has 0 N–H and O–H groups in total. The standard InChI is InChI=1S/C11H20OS/c1-4-5-6-7-11(12)9-13-8-10(2)3/h4,10H,1,5-9H2,2-3H3. The molecule has 76 valence electrons. The SMILES string of the molecule is C=CCCCC(=O)CSCC(C)C. The summed E-state index contributed by atoms with van der Waals surface area (Å²) in [4.78, 5) is 11.2. The number of allylic oxidation sites excluding steroid dienone is 1. The van der Waals surface area contributed by atoms with Crippen LogP contribution in [0.1, 0.15) is 33.1 Å². The van der Waals surface area contributed by atoms with Crippen LogP contribution in [-0.4, -0.2) is 17.3 Å². The number of carbonyl (C=O) groups excluding carboxylic acids is 1. The van der Waals surface area contributed by atoms with Crippen LogP contribution in [0.15, 0.2) is 12.7 Å². The second-order valence-electron chi connectivity index (χ2n) is 3.63. The number of thioether (sulfide) groups is 1. The van der Waals surface area contributed by atoms with E-state index < -0.39 is 0 Å². The van der Waals surface area contributed by atoms with Crippen molar-refractivity contribution in [1.29, 1.82) is 0 Å². The minimum atomic E-state index is 0.382. The smallest absolute Gasteiger partial charge is 0.142 e. The second-order valence-corrected chi connectivity index (χ2v) is 4.66. The zero-order valence-corrected chi connectivity index (χ0v) is 9.53. The Balaban J connectivity index is 3.25. The van der Waals surface area contributed by atoms with E-state index in [0.29, 0.717) is 17.5 Å². The van der Waals surface area contributed by atoms with Crippen LogP contribution in [0.5, 0.6) is 0 Å². The van der Waals surface area contributed by atoms with Crippen LogP contribution in [0, 0.1) is 5.92 Å². The van der Waals surface area contributed by atoms with Crippen LogP contribution in [0.3, 0.4) is 0 Å². The van der Waals surface area contributed by atoms with E-state index in [-0.39, 0.29) is 0 Å². The third-order valence-electron chi connectivity index (χ3n) is 1.58. The minimum absolute atomic E-state index is 0.382. The molecule has 0 rings (SSSR count). The van der Waals surface area contributed by atoms with E-state index in [4.69, 9.17) is 0 Å². The molecule has 0 bridgehead atoms. The fourth-order valence-electron chi connectivity index (χ4n) is 0.924. The van der Waals surface area contributed by atoms with Crippen molar-refractivity contribution in [3.05, 3.63) is 12.7 Å². The summed E-state index contributed by atoms with van der Waals surface area (Å²) < 4.78 is 0. The number of carbonyl (C=O) groups is 1. The third-order valence-corrected chi connectivity index (χ3v) is 3.01. The van der Waals surface area contributed by atoms with Crippen molar-refractivity contribution >= 4 is 17.5 Å². The maximum absolute atomic E-state index is 11.2. The van der Waals surface area contributed by atoms with E-state index in [1.165, 1.54) is 0 Å². The molecule has 1 nitrogen and oxygen atoms in total. The highest BCUT2D eigenvalue weighted by atomic mass is 32.2. The first-order valence-corrected chi connectivity index (χ1v) is 6.02. The molecule has 0 aliphatic rings. The molecule has 0 aromatic rings. The number of Topliss-reactive ketones (excluding diaryl/α,β-unsaturated/α-hetero) is 1. The summed E-state index contributed by atoms with van der Waals surface area (Å²) >= 11 is 1.75.